The zero-order chi connectivity index (χ0) is 10.1. The van der Waals surface area contributed by atoms with Gasteiger partial charge in [0.1, 0.15) is 0 Å². The summed E-state index contributed by atoms with van der Waals surface area (Å²) in [4.78, 5) is 0. The van der Waals surface area contributed by atoms with Crippen molar-refractivity contribution >= 4 is 17.3 Å². The first kappa shape index (κ1) is 9.02. The van der Waals surface area contributed by atoms with Gasteiger partial charge in [0, 0.05) is 23.3 Å². The van der Waals surface area contributed by atoms with Gasteiger partial charge in [-0.15, -0.1) is 5.10 Å². The number of aryl methyl sites for hydroxylation is 1. The van der Waals surface area contributed by atoms with Gasteiger partial charge in [-0.25, -0.2) is 4.68 Å². The van der Waals surface area contributed by atoms with Crippen molar-refractivity contribution in [2.24, 2.45) is 7.05 Å². The van der Waals surface area contributed by atoms with Crippen LogP contribution in [0.2, 0.25) is 5.02 Å². The highest BCUT2D eigenvalue weighted by atomic mass is 35.5. The molecule has 0 spiro atoms. The molecule has 72 valence electrons. The first-order chi connectivity index (χ1) is 6.68. The molecule has 0 saturated carbocycles. The zero-order valence-corrected chi connectivity index (χ0v) is 8.36. The van der Waals surface area contributed by atoms with E-state index in [9.17, 15) is 0 Å². The molecule has 2 aromatic rings. The highest BCUT2D eigenvalue weighted by molar-refractivity contribution is 6.31. The van der Waals surface area contributed by atoms with Gasteiger partial charge in [-0.3, -0.25) is 0 Å². The molecule has 0 radical (unpaired) electrons. The molecule has 0 aliphatic carbocycles. The van der Waals surface area contributed by atoms with E-state index in [1.165, 1.54) is 0 Å². The number of halogens is 1. The van der Waals surface area contributed by atoms with Crippen molar-refractivity contribution in [2.45, 2.75) is 0 Å². The van der Waals surface area contributed by atoms with Gasteiger partial charge in [-0.1, -0.05) is 16.8 Å². The van der Waals surface area contributed by atoms with Gasteiger partial charge in [0.25, 0.3) is 0 Å². The lowest BCUT2D eigenvalue weighted by Crippen LogP contribution is -1.97. The Labute approximate surface area is 86.3 Å². The van der Waals surface area contributed by atoms with Crippen molar-refractivity contribution in [1.29, 1.82) is 0 Å². The maximum Gasteiger partial charge on any atom is 0.0902 e. The van der Waals surface area contributed by atoms with Crippen molar-refractivity contribution < 1.29 is 0 Å². The number of nitrogens with zero attached hydrogens (tertiary/aromatic N) is 3. The van der Waals surface area contributed by atoms with Crippen molar-refractivity contribution in [2.75, 3.05) is 5.73 Å². The van der Waals surface area contributed by atoms with Crippen LogP contribution in [-0.2, 0) is 7.05 Å². The maximum absolute atomic E-state index is 5.83. The number of anilines is 1. The van der Waals surface area contributed by atoms with Crippen molar-refractivity contribution in [3.8, 4) is 11.3 Å². The van der Waals surface area contributed by atoms with Crippen molar-refractivity contribution in [3.63, 3.8) is 0 Å². The third kappa shape index (κ3) is 1.44. The van der Waals surface area contributed by atoms with Gasteiger partial charge in [-0.05, 0) is 18.2 Å². The number of rotatable bonds is 1. The molecule has 1 aromatic carbocycles. The number of aromatic nitrogens is 3. The van der Waals surface area contributed by atoms with E-state index in [2.05, 4.69) is 10.3 Å². The fourth-order valence-corrected chi connectivity index (χ4v) is 1.48. The molecule has 0 unspecified atom stereocenters. The Kier molecular flexibility index (Phi) is 2.13. The van der Waals surface area contributed by atoms with Crippen molar-refractivity contribution in [3.05, 3.63) is 29.4 Å². The van der Waals surface area contributed by atoms with Gasteiger partial charge in [-0.2, -0.15) is 0 Å². The molecule has 0 aliphatic heterocycles. The molecule has 0 bridgehead atoms. The molecule has 2 rings (SSSR count). The standard InChI is InChI=1S/C9H9ClN4/c1-14-9(5-12-13-14)7-3-2-6(10)4-8(7)11/h2-5H,11H2,1H3. The van der Waals surface area contributed by atoms with Crippen LogP contribution in [0.5, 0.6) is 0 Å². The largest absolute Gasteiger partial charge is 0.398 e. The number of nitrogens with two attached hydrogens (primary N) is 1. The fraction of sp³-hybridized carbons (Fsp3) is 0.111. The van der Waals surface area contributed by atoms with Crippen LogP contribution < -0.4 is 5.73 Å². The smallest absolute Gasteiger partial charge is 0.0902 e. The third-order valence-corrected chi connectivity index (χ3v) is 2.24. The highest BCUT2D eigenvalue weighted by Crippen LogP contribution is 2.26. The van der Waals surface area contributed by atoms with Crippen molar-refractivity contribution in [1.82, 2.24) is 15.0 Å². The van der Waals surface area contributed by atoms with Crippen LogP contribution in [0.4, 0.5) is 5.69 Å². The zero-order valence-electron chi connectivity index (χ0n) is 7.61. The molecule has 0 fully saturated rings. The third-order valence-electron chi connectivity index (χ3n) is 2.00. The topological polar surface area (TPSA) is 56.7 Å². The summed E-state index contributed by atoms with van der Waals surface area (Å²) >= 11 is 5.80. The monoisotopic (exact) mass is 208 g/mol. The Morgan fingerprint density at radius 2 is 2.21 bits per heavy atom. The Balaban J connectivity index is 2.58. The Hall–Kier alpha value is -1.55. The Morgan fingerprint density at radius 1 is 1.43 bits per heavy atom. The fourth-order valence-electron chi connectivity index (χ4n) is 1.30. The molecule has 1 aromatic heterocycles. The molecule has 2 N–H and O–H groups in total. The minimum atomic E-state index is 0.626. The van der Waals surface area contributed by atoms with E-state index in [1.807, 2.05) is 13.1 Å². The summed E-state index contributed by atoms with van der Waals surface area (Å²) in [6.45, 7) is 0. The van der Waals surface area contributed by atoms with E-state index in [0.29, 0.717) is 10.7 Å². The molecule has 0 saturated heterocycles. The van der Waals surface area contributed by atoms with Crippen LogP contribution >= 0.6 is 11.6 Å². The number of hydrogen-bond acceptors (Lipinski definition) is 3. The average Bonchev–Trinajstić information content (AvgIpc) is 2.52. The summed E-state index contributed by atoms with van der Waals surface area (Å²) in [6, 6.07) is 5.36. The lowest BCUT2D eigenvalue weighted by molar-refractivity contribution is 0.721. The second kappa shape index (κ2) is 3.31. The maximum atomic E-state index is 5.83. The molecule has 1 heterocycles. The number of hydrogen-bond donors (Lipinski definition) is 1. The predicted molar refractivity (Wildman–Crippen MR) is 55.9 cm³/mol. The second-order valence-electron chi connectivity index (χ2n) is 2.97. The highest BCUT2D eigenvalue weighted by Gasteiger charge is 2.07. The number of benzene rings is 1. The van der Waals surface area contributed by atoms with Crippen LogP contribution in [0.15, 0.2) is 24.4 Å². The first-order valence-corrected chi connectivity index (χ1v) is 4.46. The van der Waals surface area contributed by atoms with Gasteiger partial charge in [0.15, 0.2) is 0 Å². The Bertz CT molecular complexity index is 464. The minimum Gasteiger partial charge on any atom is -0.398 e. The van der Waals surface area contributed by atoms with Crippen LogP contribution in [0.1, 0.15) is 0 Å². The lowest BCUT2D eigenvalue weighted by atomic mass is 10.1. The first-order valence-electron chi connectivity index (χ1n) is 4.08. The summed E-state index contributed by atoms with van der Waals surface area (Å²) in [6.07, 6.45) is 1.67. The average molecular weight is 209 g/mol. The number of nitrogen functional groups attached to an aromatic ring is 1. The summed E-state index contributed by atoms with van der Waals surface area (Å²) in [7, 11) is 1.82. The van der Waals surface area contributed by atoms with Gasteiger partial charge in [0.2, 0.25) is 0 Å². The molecular weight excluding hydrogens is 200 g/mol. The van der Waals surface area contributed by atoms with Gasteiger partial charge in [0.05, 0.1) is 11.9 Å². The van der Waals surface area contributed by atoms with E-state index in [0.717, 1.165) is 11.3 Å². The SMILES string of the molecule is Cn1nncc1-c1ccc(Cl)cc1N. The second-order valence-corrected chi connectivity index (χ2v) is 3.41. The molecule has 0 amide bonds. The van der Waals surface area contributed by atoms with Crippen LogP contribution in [-0.4, -0.2) is 15.0 Å². The molecule has 4 nitrogen and oxygen atoms in total. The van der Waals surface area contributed by atoms with E-state index in [4.69, 9.17) is 17.3 Å². The summed E-state index contributed by atoms with van der Waals surface area (Å²) in [5, 5.41) is 8.25. The van der Waals surface area contributed by atoms with Crippen LogP contribution in [0.25, 0.3) is 11.3 Å². The predicted octanol–water partition coefficient (Wildman–Crippen LogP) is 1.72. The van der Waals surface area contributed by atoms with Gasteiger partial charge >= 0.3 is 0 Å². The van der Waals surface area contributed by atoms with E-state index >= 15 is 0 Å². The molecule has 0 atom stereocenters. The molecule has 5 heteroatoms. The van der Waals surface area contributed by atoms with E-state index < -0.39 is 0 Å². The van der Waals surface area contributed by atoms with E-state index in [1.54, 1.807) is 23.0 Å². The van der Waals surface area contributed by atoms with Gasteiger partial charge < -0.3 is 5.73 Å². The lowest BCUT2D eigenvalue weighted by Gasteiger charge is -2.04. The summed E-state index contributed by atoms with van der Waals surface area (Å²) in [5.74, 6) is 0. The quantitative estimate of drug-likeness (QED) is 0.726. The molecular formula is C9H9ClN4. The summed E-state index contributed by atoms with van der Waals surface area (Å²) in [5.41, 5.74) is 8.22. The molecule has 0 aliphatic rings. The van der Waals surface area contributed by atoms with Crippen LogP contribution in [0, 0.1) is 0 Å². The summed E-state index contributed by atoms with van der Waals surface area (Å²) < 4.78 is 1.67. The van der Waals surface area contributed by atoms with E-state index in [-0.39, 0.29) is 0 Å². The Morgan fingerprint density at radius 3 is 2.79 bits per heavy atom. The molecule has 14 heavy (non-hydrogen) atoms. The normalized spacial score (nSPS) is 10.4. The van der Waals surface area contributed by atoms with Crippen LogP contribution in [0.3, 0.4) is 0 Å². The minimum absolute atomic E-state index is 0.626.